The number of rotatable bonds is 5. The number of aromatic nitrogens is 4. The fraction of sp³-hybridized carbons (Fsp3) is 0.417. The Kier molecular flexibility index (Phi) is 4.33. The summed E-state index contributed by atoms with van der Waals surface area (Å²) in [7, 11) is 0. The van der Waals surface area contributed by atoms with Crippen LogP contribution in [0.5, 0.6) is 0 Å². The second-order valence-corrected chi connectivity index (χ2v) is 4.21. The summed E-state index contributed by atoms with van der Waals surface area (Å²) in [4.78, 5) is 8.01. The van der Waals surface area contributed by atoms with Crippen molar-refractivity contribution in [2.24, 2.45) is 0 Å². The molecule has 0 aromatic carbocycles. The summed E-state index contributed by atoms with van der Waals surface area (Å²) in [5.74, 6) is 0.111. The highest BCUT2D eigenvalue weighted by atomic mass is 19.4. The first kappa shape index (κ1) is 14.4. The van der Waals surface area contributed by atoms with Crippen molar-refractivity contribution >= 4 is 0 Å². The van der Waals surface area contributed by atoms with Gasteiger partial charge in [-0.15, -0.1) is 0 Å². The molecule has 8 heteroatoms. The van der Waals surface area contributed by atoms with Gasteiger partial charge in [0, 0.05) is 30.7 Å². The van der Waals surface area contributed by atoms with Crippen LogP contribution in [-0.4, -0.2) is 26.3 Å². The van der Waals surface area contributed by atoms with Crippen LogP contribution in [0.25, 0.3) is 5.95 Å². The summed E-state index contributed by atoms with van der Waals surface area (Å²) in [5, 5.41) is 6.59. The zero-order valence-corrected chi connectivity index (χ0v) is 10.9. The lowest BCUT2D eigenvalue weighted by atomic mass is 10.3. The van der Waals surface area contributed by atoms with E-state index in [-0.39, 0.29) is 5.95 Å². The summed E-state index contributed by atoms with van der Waals surface area (Å²) in [5.41, 5.74) is -0.0970. The number of alkyl halides is 3. The molecule has 2 aromatic heterocycles. The van der Waals surface area contributed by atoms with Crippen molar-refractivity contribution in [2.45, 2.75) is 26.1 Å². The molecule has 0 saturated carbocycles. The van der Waals surface area contributed by atoms with Gasteiger partial charge in [0.1, 0.15) is 0 Å². The number of hydrogen-bond donors (Lipinski definition) is 1. The van der Waals surface area contributed by atoms with Gasteiger partial charge in [0.15, 0.2) is 5.69 Å². The normalized spacial score (nSPS) is 11.8. The summed E-state index contributed by atoms with van der Waals surface area (Å²) in [6.45, 7) is 3.57. The molecule has 0 aliphatic rings. The Morgan fingerprint density at radius 2 is 1.95 bits per heavy atom. The molecule has 2 rings (SSSR count). The predicted octanol–water partition coefficient (Wildman–Crippen LogP) is 2.18. The number of nitrogens with zero attached hydrogens (tertiary/aromatic N) is 4. The van der Waals surface area contributed by atoms with Crippen molar-refractivity contribution in [3.05, 3.63) is 35.9 Å². The van der Waals surface area contributed by atoms with E-state index in [1.165, 1.54) is 6.20 Å². The van der Waals surface area contributed by atoms with Gasteiger partial charge in [0.05, 0.1) is 0 Å². The van der Waals surface area contributed by atoms with E-state index < -0.39 is 11.9 Å². The summed E-state index contributed by atoms with van der Waals surface area (Å²) < 4.78 is 38.3. The molecule has 108 valence electrons. The van der Waals surface area contributed by atoms with Crippen molar-refractivity contribution in [2.75, 3.05) is 6.54 Å². The van der Waals surface area contributed by atoms with Gasteiger partial charge in [-0.05, 0) is 19.0 Å². The quantitative estimate of drug-likeness (QED) is 0.856. The van der Waals surface area contributed by atoms with Gasteiger partial charge in [0.25, 0.3) is 0 Å². The van der Waals surface area contributed by atoms with E-state index in [4.69, 9.17) is 0 Å². The van der Waals surface area contributed by atoms with E-state index in [1.54, 1.807) is 12.4 Å². The third-order valence-corrected chi connectivity index (χ3v) is 2.53. The van der Waals surface area contributed by atoms with E-state index in [9.17, 15) is 13.2 Å². The molecule has 2 heterocycles. The summed E-state index contributed by atoms with van der Waals surface area (Å²) >= 11 is 0. The summed E-state index contributed by atoms with van der Waals surface area (Å²) in [6, 6.07) is 0.889. The minimum Gasteiger partial charge on any atom is -0.313 e. The van der Waals surface area contributed by atoms with E-state index >= 15 is 0 Å². The molecule has 1 N–H and O–H groups in total. The number of halogens is 3. The third-order valence-electron chi connectivity index (χ3n) is 2.53. The van der Waals surface area contributed by atoms with Crippen LogP contribution in [0.15, 0.2) is 24.7 Å². The molecule has 2 aromatic rings. The average Bonchev–Trinajstić information content (AvgIpc) is 2.89. The molecule has 0 unspecified atom stereocenters. The van der Waals surface area contributed by atoms with Crippen LogP contribution in [-0.2, 0) is 12.7 Å². The first-order valence-electron chi connectivity index (χ1n) is 6.15. The fourth-order valence-corrected chi connectivity index (χ4v) is 1.55. The lowest BCUT2D eigenvalue weighted by Crippen LogP contribution is -2.14. The maximum Gasteiger partial charge on any atom is 0.435 e. The van der Waals surface area contributed by atoms with Crippen molar-refractivity contribution in [3.63, 3.8) is 0 Å². The van der Waals surface area contributed by atoms with Gasteiger partial charge in [-0.2, -0.15) is 18.3 Å². The van der Waals surface area contributed by atoms with Gasteiger partial charge in [-0.25, -0.2) is 14.6 Å². The molecule has 0 radical (unpaired) electrons. The Morgan fingerprint density at radius 3 is 2.50 bits per heavy atom. The maximum atomic E-state index is 12.4. The summed E-state index contributed by atoms with van der Waals surface area (Å²) in [6.07, 6.45) is 0.884. The van der Waals surface area contributed by atoms with Crippen LogP contribution in [0.3, 0.4) is 0 Å². The first-order chi connectivity index (χ1) is 9.50. The molecule has 0 amide bonds. The second-order valence-electron chi connectivity index (χ2n) is 4.21. The molecule has 0 spiro atoms. The fourth-order valence-electron chi connectivity index (χ4n) is 1.55. The van der Waals surface area contributed by atoms with Crippen LogP contribution in [0, 0.1) is 0 Å². The first-order valence-corrected chi connectivity index (χ1v) is 6.15. The monoisotopic (exact) mass is 285 g/mol. The van der Waals surface area contributed by atoms with Gasteiger partial charge >= 0.3 is 6.18 Å². The SMILES string of the molecule is CCCNCc1cnc(-n2ccc(C(F)(F)F)n2)nc1. The van der Waals surface area contributed by atoms with Crippen LogP contribution < -0.4 is 5.32 Å². The topological polar surface area (TPSA) is 55.6 Å². The molecular formula is C12H14F3N5. The minimum atomic E-state index is -4.46. The van der Waals surface area contributed by atoms with E-state index in [1.807, 2.05) is 0 Å². The standard InChI is InChI=1S/C12H14F3N5/c1-2-4-16-6-9-7-17-11(18-8-9)20-5-3-10(19-20)12(13,14)15/h3,5,7-8,16H,2,4,6H2,1H3. The van der Waals surface area contributed by atoms with Crippen molar-refractivity contribution in [1.82, 2.24) is 25.1 Å². The molecule has 5 nitrogen and oxygen atoms in total. The van der Waals surface area contributed by atoms with Crippen molar-refractivity contribution in [3.8, 4) is 5.95 Å². The van der Waals surface area contributed by atoms with Crippen LogP contribution in [0.2, 0.25) is 0 Å². The van der Waals surface area contributed by atoms with E-state index in [0.717, 1.165) is 29.3 Å². The predicted molar refractivity (Wildman–Crippen MR) is 66.2 cm³/mol. The zero-order valence-electron chi connectivity index (χ0n) is 10.9. The largest absolute Gasteiger partial charge is 0.435 e. The molecule has 0 fully saturated rings. The zero-order chi connectivity index (χ0) is 14.6. The van der Waals surface area contributed by atoms with Crippen LogP contribution in [0.1, 0.15) is 24.6 Å². The minimum absolute atomic E-state index is 0.111. The molecule has 0 saturated heterocycles. The Morgan fingerprint density at radius 1 is 1.25 bits per heavy atom. The average molecular weight is 285 g/mol. The Bertz CT molecular complexity index is 547. The van der Waals surface area contributed by atoms with Crippen molar-refractivity contribution in [1.29, 1.82) is 0 Å². The van der Waals surface area contributed by atoms with E-state index in [2.05, 4.69) is 27.3 Å². The Balaban J connectivity index is 2.08. The molecule has 0 aliphatic carbocycles. The molecule has 0 bridgehead atoms. The maximum absolute atomic E-state index is 12.4. The number of hydrogen-bond acceptors (Lipinski definition) is 4. The third kappa shape index (κ3) is 3.53. The van der Waals surface area contributed by atoms with Crippen LogP contribution in [0.4, 0.5) is 13.2 Å². The lowest BCUT2D eigenvalue weighted by Gasteiger charge is -2.04. The van der Waals surface area contributed by atoms with Gasteiger partial charge in [-0.3, -0.25) is 0 Å². The van der Waals surface area contributed by atoms with E-state index in [0.29, 0.717) is 6.54 Å². The molecule has 0 aliphatic heterocycles. The highest BCUT2D eigenvalue weighted by Crippen LogP contribution is 2.27. The highest BCUT2D eigenvalue weighted by Gasteiger charge is 2.33. The smallest absolute Gasteiger partial charge is 0.313 e. The van der Waals surface area contributed by atoms with Gasteiger partial charge in [0.2, 0.25) is 5.95 Å². The number of nitrogens with one attached hydrogen (secondary N) is 1. The lowest BCUT2D eigenvalue weighted by molar-refractivity contribution is -0.141. The molecular weight excluding hydrogens is 271 g/mol. The highest BCUT2D eigenvalue weighted by molar-refractivity contribution is 5.16. The van der Waals surface area contributed by atoms with Gasteiger partial charge < -0.3 is 5.32 Å². The second kappa shape index (κ2) is 6.00. The van der Waals surface area contributed by atoms with Crippen molar-refractivity contribution < 1.29 is 13.2 Å². The van der Waals surface area contributed by atoms with Crippen LogP contribution >= 0.6 is 0 Å². The molecule has 20 heavy (non-hydrogen) atoms. The molecule has 0 atom stereocenters. The Labute approximate surface area is 113 Å². The Hall–Kier alpha value is -1.96. The van der Waals surface area contributed by atoms with Gasteiger partial charge in [-0.1, -0.05) is 6.92 Å².